The molecular formula is C11H20O3. The van der Waals surface area contributed by atoms with Crippen LogP contribution in [0.4, 0.5) is 0 Å². The predicted octanol–water partition coefficient (Wildman–Crippen LogP) is 1.59. The van der Waals surface area contributed by atoms with Gasteiger partial charge in [-0.25, -0.2) is 0 Å². The smallest absolute Gasteiger partial charge is 0.308 e. The first kappa shape index (κ1) is 11.5. The van der Waals surface area contributed by atoms with Gasteiger partial charge in [0.2, 0.25) is 0 Å². The largest absolute Gasteiger partial charge is 0.469 e. The third-order valence-electron chi connectivity index (χ3n) is 4.12. The number of rotatable bonds is 3. The Labute approximate surface area is 85.5 Å². The molecule has 0 aromatic rings. The molecule has 14 heavy (non-hydrogen) atoms. The molecule has 82 valence electrons. The van der Waals surface area contributed by atoms with Crippen LogP contribution in [0.5, 0.6) is 0 Å². The second-order valence-electron chi connectivity index (χ2n) is 5.27. The highest BCUT2D eigenvalue weighted by atomic mass is 16.5. The maximum absolute atomic E-state index is 11.0. The van der Waals surface area contributed by atoms with E-state index in [1.165, 1.54) is 7.11 Å². The molecule has 1 atom stereocenters. The second-order valence-corrected chi connectivity index (χ2v) is 5.27. The lowest BCUT2D eigenvalue weighted by molar-refractivity contribution is -0.143. The average molecular weight is 200 g/mol. The first-order valence-electron chi connectivity index (χ1n) is 5.00. The number of hydrogen-bond acceptors (Lipinski definition) is 3. The summed E-state index contributed by atoms with van der Waals surface area (Å²) in [7, 11) is 1.35. The molecule has 1 aliphatic rings. The Hall–Kier alpha value is -0.570. The van der Waals surface area contributed by atoms with Crippen molar-refractivity contribution in [1.29, 1.82) is 0 Å². The van der Waals surface area contributed by atoms with Crippen LogP contribution in [0.1, 0.15) is 34.1 Å². The van der Waals surface area contributed by atoms with Crippen molar-refractivity contribution < 1.29 is 14.6 Å². The molecule has 1 fully saturated rings. The number of esters is 1. The summed E-state index contributed by atoms with van der Waals surface area (Å²) < 4.78 is 4.54. The predicted molar refractivity (Wildman–Crippen MR) is 53.7 cm³/mol. The van der Waals surface area contributed by atoms with Gasteiger partial charge in [0.25, 0.3) is 0 Å². The van der Waals surface area contributed by atoms with Crippen LogP contribution in [0.3, 0.4) is 0 Å². The zero-order valence-electron chi connectivity index (χ0n) is 9.63. The Kier molecular flexibility index (Phi) is 2.65. The van der Waals surface area contributed by atoms with E-state index in [-0.39, 0.29) is 29.1 Å². The molecule has 0 aromatic carbocycles. The van der Waals surface area contributed by atoms with E-state index in [9.17, 15) is 9.90 Å². The van der Waals surface area contributed by atoms with E-state index >= 15 is 0 Å². The van der Waals surface area contributed by atoms with Crippen LogP contribution in [0, 0.1) is 16.7 Å². The van der Waals surface area contributed by atoms with Crippen LogP contribution >= 0.6 is 0 Å². The SMILES string of the molecule is COC(=O)C[C@H](O)C1C(C)(C)C1(C)C. The minimum absolute atomic E-state index is 0.105. The Balaban J connectivity index is 2.57. The number of aliphatic hydroxyl groups excluding tert-OH is 1. The van der Waals surface area contributed by atoms with Crippen molar-refractivity contribution in [2.45, 2.75) is 40.2 Å². The van der Waals surface area contributed by atoms with Gasteiger partial charge in [0.1, 0.15) is 0 Å². The molecule has 0 unspecified atom stereocenters. The molecule has 3 heteroatoms. The number of carbonyl (C=O) groups is 1. The number of carbonyl (C=O) groups excluding carboxylic acids is 1. The van der Waals surface area contributed by atoms with Crippen LogP contribution in [0.2, 0.25) is 0 Å². The zero-order valence-corrected chi connectivity index (χ0v) is 9.63. The van der Waals surface area contributed by atoms with Crippen LogP contribution in [-0.2, 0) is 9.53 Å². The standard InChI is InChI=1S/C11H20O3/c1-10(2)9(11(10,3)4)7(12)6-8(13)14-5/h7,9,12H,6H2,1-5H3/t7-/m0/s1. The van der Waals surface area contributed by atoms with Gasteiger partial charge < -0.3 is 9.84 Å². The molecule has 0 saturated heterocycles. The summed E-state index contributed by atoms with van der Waals surface area (Å²) in [5.74, 6) is -0.148. The van der Waals surface area contributed by atoms with Crippen LogP contribution < -0.4 is 0 Å². The third kappa shape index (κ3) is 1.54. The van der Waals surface area contributed by atoms with Crippen molar-refractivity contribution in [2.24, 2.45) is 16.7 Å². The van der Waals surface area contributed by atoms with Gasteiger partial charge in [-0.3, -0.25) is 4.79 Å². The highest BCUT2D eigenvalue weighted by Gasteiger charge is 2.67. The highest BCUT2D eigenvalue weighted by molar-refractivity contribution is 5.69. The molecule has 1 N–H and O–H groups in total. The highest BCUT2D eigenvalue weighted by Crippen LogP contribution is 2.69. The minimum Gasteiger partial charge on any atom is -0.469 e. The molecule has 0 radical (unpaired) electrons. The van der Waals surface area contributed by atoms with E-state index in [4.69, 9.17) is 0 Å². The molecule has 0 heterocycles. The summed E-state index contributed by atoms with van der Waals surface area (Å²) >= 11 is 0. The van der Waals surface area contributed by atoms with Crippen LogP contribution in [0.25, 0.3) is 0 Å². The summed E-state index contributed by atoms with van der Waals surface area (Å²) in [5.41, 5.74) is 0.223. The first-order valence-corrected chi connectivity index (χ1v) is 5.00. The van der Waals surface area contributed by atoms with Crippen molar-refractivity contribution in [3.05, 3.63) is 0 Å². The van der Waals surface area contributed by atoms with Gasteiger partial charge in [-0.1, -0.05) is 27.7 Å². The first-order chi connectivity index (χ1) is 6.25. The Bertz CT molecular complexity index is 229. The number of aliphatic hydroxyl groups is 1. The fourth-order valence-corrected chi connectivity index (χ4v) is 2.58. The van der Waals surface area contributed by atoms with E-state index in [1.807, 2.05) is 0 Å². The van der Waals surface area contributed by atoms with E-state index in [0.29, 0.717) is 0 Å². The summed E-state index contributed by atoms with van der Waals surface area (Å²) in [4.78, 5) is 11.0. The number of ether oxygens (including phenoxy) is 1. The van der Waals surface area contributed by atoms with Gasteiger partial charge in [0, 0.05) is 0 Å². The lowest BCUT2D eigenvalue weighted by Crippen LogP contribution is -2.19. The monoisotopic (exact) mass is 200 g/mol. The zero-order chi connectivity index (χ0) is 11.1. The third-order valence-corrected chi connectivity index (χ3v) is 4.12. The van der Waals surface area contributed by atoms with E-state index in [2.05, 4.69) is 32.4 Å². The van der Waals surface area contributed by atoms with Crippen molar-refractivity contribution >= 4 is 5.97 Å². The van der Waals surface area contributed by atoms with Gasteiger partial charge in [0.05, 0.1) is 19.6 Å². The average Bonchev–Trinajstić information content (AvgIpc) is 2.42. The Morgan fingerprint density at radius 1 is 1.36 bits per heavy atom. The molecule has 0 amide bonds. The molecule has 0 spiro atoms. The van der Waals surface area contributed by atoms with Gasteiger partial charge in [-0.05, 0) is 16.7 Å². The van der Waals surface area contributed by atoms with Gasteiger partial charge >= 0.3 is 5.97 Å². The van der Waals surface area contributed by atoms with Gasteiger partial charge in [-0.2, -0.15) is 0 Å². The van der Waals surface area contributed by atoms with Crippen LogP contribution in [-0.4, -0.2) is 24.3 Å². The van der Waals surface area contributed by atoms with E-state index < -0.39 is 6.10 Å². The summed E-state index contributed by atoms with van der Waals surface area (Å²) in [5, 5.41) is 9.86. The fourth-order valence-electron chi connectivity index (χ4n) is 2.58. The number of hydrogen-bond donors (Lipinski definition) is 1. The lowest BCUT2D eigenvalue weighted by Gasteiger charge is -2.10. The molecule has 1 rings (SSSR count). The van der Waals surface area contributed by atoms with Crippen molar-refractivity contribution in [2.75, 3.05) is 7.11 Å². The normalized spacial score (nSPS) is 25.6. The summed E-state index contributed by atoms with van der Waals surface area (Å²) in [6.07, 6.45) is -0.471. The fraction of sp³-hybridized carbons (Fsp3) is 0.909. The minimum atomic E-state index is -0.576. The lowest BCUT2D eigenvalue weighted by atomic mass is 10.0. The molecule has 1 aliphatic carbocycles. The maximum Gasteiger partial charge on any atom is 0.308 e. The Morgan fingerprint density at radius 3 is 2.07 bits per heavy atom. The van der Waals surface area contributed by atoms with E-state index in [1.54, 1.807) is 0 Å². The Morgan fingerprint density at radius 2 is 1.79 bits per heavy atom. The van der Waals surface area contributed by atoms with Crippen molar-refractivity contribution in [3.63, 3.8) is 0 Å². The molecule has 1 saturated carbocycles. The topological polar surface area (TPSA) is 46.5 Å². The maximum atomic E-state index is 11.0. The van der Waals surface area contributed by atoms with E-state index in [0.717, 1.165) is 0 Å². The molecule has 3 nitrogen and oxygen atoms in total. The number of methoxy groups -OCH3 is 1. The molecule has 0 aromatic heterocycles. The quantitative estimate of drug-likeness (QED) is 0.704. The molecular weight excluding hydrogens is 180 g/mol. The van der Waals surface area contributed by atoms with Gasteiger partial charge in [-0.15, -0.1) is 0 Å². The van der Waals surface area contributed by atoms with Crippen molar-refractivity contribution in [3.8, 4) is 0 Å². The van der Waals surface area contributed by atoms with Crippen molar-refractivity contribution in [1.82, 2.24) is 0 Å². The summed E-state index contributed by atoms with van der Waals surface area (Å²) in [6, 6.07) is 0. The van der Waals surface area contributed by atoms with Gasteiger partial charge in [0.15, 0.2) is 0 Å². The second kappa shape index (κ2) is 3.23. The molecule has 0 aliphatic heterocycles. The summed E-state index contributed by atoms with van der Waals surface area (Å²) in [6.45, 7) is 8.49. The molecule has 0 bridgehead atoms. The van der Waals surface area contributed by atoms with Crippen LogP contribution in [0.15, 0.2) is 0 Å².